The highest BCUT2D eigenvalue weighted by molar-refractivity contribution is 5.16. The molecule has 112 valence electrons. The number of aryl methyl sites for hydroxylation is 2. The minimum absolute atomic E-state index is 0.220. The van der Waals surface area contributed by atoms with E-state index in [1.807, 2.05) is 12.1 Å². The van der Waals surface area contributed by atoms with Crippen LogP contribution in [0.3, 0.4) is 0 Å². The summed E-state index contributed by atoms with van der Waals surface area (Å²) >= 11 is 0. The maximum Gasteiger partial charge on any atom is 0.0360 e. The molecule has 2 aromatic heterocycles. The average molecular weight is 274 g/mol. The van der Waals surface area contributed by atoms with Crippen LogP contribution in [0.25, 0.3) is 0 Å². The largest absolute Gasteiger partial charge is 0.349 e. The summed E-state index contributed by atoms with van der Waals surface area (Å²) in [5, 5.41) is 0. The molecule has 2 nitrogen and oxygen atoms in total. The van der Waals surface area contributed by atoms with Crippen molar-refractivity contribution in [3.8, 4) is 0 Å². The van der Waals surface area contributed by atoms with Crippen molar-refractivity contribution < 1.29 is 0 Å². The van der Waals surface area contributed by atoms with Crippen LogP contribution in [0.1, 0.15) is 52.9 Å². The molecule has 0 aromatic carbocycles. The van der Waals surface area contributed by atoms with Gasteiger partial charge in [-0.15, -0.1) is 0 Å². The maximum atomic E-state index is 2.35. The maximum absolute atomic E-state index is 2.35. The van der Waals surface area contributed by atoms with E-state index in [1.165, 1.54) is 11.4 Å². The van der Waals surface area contributed by atoms with Gasteiger partial charge in [0.25, 0.3) is 0 Å². The molecular weight excluding hydrogens is 244 g/mol. The summed E-state index contributed by atoms with van der Waals surface area (Å²) < 4.78 is 4.54. The first-order valence-corrected chi connectivity index (χ1v) is 7.32. The van der Waals surface area contributed by atoms with Crippen LogP contribution in [0, 0.1) is 13.8 Å². The number of hydrogen-bond donors (Lipinski definition) is 0. The topological polar surface area (TPSA) is 9.86 Å². The minimum atomic E-state index is 0.220. The summed E-state index contributed by atoms with van der Waals surface area (Å²) in [7, 11) is 0. The van der Waals surface area contributed by atoms with Crippen molar-refractivity contribution in [1.82, 2.24) is 9.13 Å². The highest BCUT2D eigenvalue weighted by atomic mass is 15.1. The molecule has 0 aliphatic rings. The van der Waals surface area contributed by atoms with Crippen LogP contribution >= 0.6 is 0 Å². The van der Waals surface area contributed by atoms with Gasteiger partial charge < -0.3 is 9.13 Å². The van der Waals surface area contributed by atoms with E-state index in [0.29, 0.717) is 0 Å². The molecule has 0 fully saturated rings. The van der Waals surface area contributed by atoms with Crippen molar-refractivity contribution in [2.24, 2.45) is 0 Å². The van der Waals surface area contributed by atoms with Crippen LogP contribution in [-0.4, -0.2) is 9.13 Å². The number of hydrogen-bond acceptors (Lipinski definition) is 0. The molecule has 0 saturated heterocycles. The van der Waals surface area contributed by atoms with E-state index in [0.717, 1.165) is 0 Å². The zero-order valence-electron chi connectivity index (χ0n) is 14.4. The van der Waals surface area contributed by atoms with Crippen LogP contribution in [0.2, 0.25) is 0 Å². The van der Waals surface area contributed by atoms with E-state index >= 15 is 0 Å². The van der Waals surface area contributed by atoms with Gasteiger partial charge in [0.2, 0.25) is 0 Å². The predicted molar refractivity (Wildman–Crippen MR) is 88.3 cm³/mol. The molecule has 0 unspecified atom stereocenters. The molecule has 2 rings (SSSR count). The van der Waals surface area contributed by atoms with E-state index in [4.69, 9.17) is 0 Å². The fourth-order valence-electron chi connectivity index (χ4n) is 2.51. The van der Waals surface area contributed by atoms with Crippen molar-refractivity contribution in [2.45, 2.75) is 66.5 Å². The Morgan fingerprint density at radius 3 is 1.30 bits per heavy atom. The second-order valence-corrected chi connectivity index (χ2v) is 7.38. The SMILES string of the molecule is CC(C)(C)n1cccc1.Cc1ccc(C)n1C(C)(C)C. The van der Waals surface area contributed by atoms with Gasteiger partial charge >= 0.3 is 0 Å². The first-order chi connectivity index (χ1) is 9.03. The standard InChI is InChI=1S/C10H17N.C8H13N/c1-8-6-7-9(2)11(8)10(3,4)5;1-8(2,3)9-6-4-5-7-9/h6-7H,1-5H3;4-7H,1-3H3. The van der Waals surface area contributed by atoms with E-state index < -0.39 is 0 Å². The van der Waals surface area contributed by atoms with Crippen LogP contribution in [0.5, 0.6) is 0 Å². The van der Waals surface area contributed by atoms with Gasteiger partial charge in [0.1, 0.15) is 0 Å². The molecule has 0 amide bonds. The van der Waals surface area contributed by atoms with Crippen LogP contribution in [-0.2, 0) is 11.1 Å². The first kappa shape index (κ1) is 16.6. The predicted octanol–water partition coefficient (Wildman–Crippen LogP) is 5.10. The summed E-state index contributed by atoms with van der Waals surface area (Å²) in [6, 6.07) is 8.43. The quantitative estimate of drug-likeness (QED) is 0.632. The fourth-order valence-corrected chi connectivity index (χ4v) is 2.51. The summed E-state index contributed by atoms with van der Waals surface area (Å²) in [6.45, 7) is 17.6. The second kappa shape index (κ2) is 5.90. The van der Waals surface area contributed by atoms with Gasteiger partial charge in [-0.05, 0) is 79.7 Å². The number of rotatable bonds is 0. The lowest BCUT2D eigenvalue weighted by atomic mass is 10.1. The first-order valence-electron chi connectivity index (χ1n) is 7.32. The van der Waals surface area contributed by atoms with Gasteiger partial charge in [0, 0.05) is 34.9 Å². The van der Waals surface area contributed by atoms with Gasteiger partial charge in [-0.1, -0.05) is 0 Å². The molecule has 0 atom stereocenters. The van der Waals surface area contributed by atoms with E-state index in [9.17, 15) is 0 Å². The lowest BCUT2D eigenvalue weighted by molar-refractivity contribution is 0.383. The van der Waals surface area contributed by atoms with Crippen LogP contribution in [0.4, 0.5) is 0 Å². The highest BCUT2D eigenvalue weighted by Gasteiger charge is 2.15. The lowest BCUT2D eigenvalue weighted by Crippen LogP contribution is -2.23. The Morgan fingerprint density at radius 2 is 1.10 bits per heavy atom. The lowest BCUT2D eigenvalue weighted by Gasteiger charge is -2.25. The van der Waals surface area contributed by atoms with Crippen molar-refractivity contribution in [2.75, 3.05) is 0 Å². The molecule has 0 aliphatic heterocycles. The van der Waals surface area contributed by atoms with Crippen molar-refractivity contribution in [3.63, 3.8) is 0 Å². The van der Waals surface area contributed by atoms with Gasteiger partial charge in [0.05, 0.1) is 0 Å². The Bertz CT molecular complexity index is 497. The Balaban J connectivity index is 0.000000204. The Labute approximate surface area is 124 Å². The van der Waals surface area contributed by atoms with Crippen molar-refractivity contribution >= 4 is 0 Å². The normalized spacial score (nSPS) is 12.0. The zero-order chi connectivity index (χ0) is 15.6. The highest BCUT2D eigenvalue weighted by Crippen LogP contribution is 2.20. The Kier molecular flexibility index (Phi) is 4.90. The molecule has 2 aromatic rings. The monoisotopic (exact) mass is 274 g/mol. The molecule has 0 bridgehead atoms. The van der Waals surface area contributed by atoms with Crippen LogP contribution in [0.15, 0.2) is 36.7 Å². The third-order valence-corrected chi connectivity index (χ3v) is 3.32. The molecule has 2 heterocycles. The second-order valence-electron chi connectivity index (χ2n) is 7.38. The van der Waals surface area contributed by atoms with Gasteiger partial charge in [-0.25, -0.2) is 0 Å². The summed E-state index contributed by atoms with van der Waals surface area (Å²) in [5.41, 5.74) is 3.14. The smallest absolute Gasteiger partial charge is 0.0360 e. The summed E-state index contributed by atoms with van der Waals surface area (Å²) in [4.78, 5) is 0. The summed E-state index contributed by atoms with van der Waals surface area (Å²) in [5.74, 6) is 0. The Hall–Kier alpha value is -1.44. The third-order valence-electron chi connectivity index (χ3n) is 3.32. The zero-order valence-corrected chi connectivity index (χ0v) is 14.4. The van der Waals surface area contributed by atoms with Crippen molar-refractivity contribution in [1.29, 1.82) is 0 Å². The minimum Gasteiger partial charge on any atom is -0.349 e. The molecule has 0 spiro atoms. The Morgan fingerprint density at radius 1 is 0.700 bits per heavy atom. The van der Waals surface area contributed by atoms with Gasteiger partial charge in [-0.2, -0.15) is 0 Å². The molecule has 0 aliphatic carbocycles. The molecule has 0 saturated carbocycles. The van der Waals surface area contributed by atoms with E-state index in [1.54, 1.807) is 0 Å². The average Bonchev–Trinajstić information content (AvgIpc) is 2.86. The van der Waals surface area contributed by atoms with Crippen LogP contribution < -0.4 is 0 Å². The molecular formula is C18H30N2. The molecule has 2 heteroatoms. The molecule has 20 heavy (non-hydrogen) atoms. The fraction of sp³-hybridized carbons (Fsp3) is 0.556. The molecule has 0 N–H and O–H groups in total. The van der Waals surface area contributed by atoms with Gasteiger partial charge in [0.15, 0.2) is 0 Å². The number of aromatic nitrogens is 2. The third kappa shape index (κ3) is 4.29. The summed E-state index contributed by atoms with van der Waals surface area (Å²) in [6.07, 6.45) is 4.17. The van der Waals surface area contributed by atoms with Crippen molar-refractivity contribution in [3.05, 3.63) is 48.0 Å². The molecule has 0 radical (unpaired) electrons. The van der Waals surface area contributed by atoms with E-state index in [-0.39, 0.29) is 11.1 Å². The van der Waals surface area contributed by atoms with Gasteiger partial charge in [-0.3, -0.25) is 0 Å². The number of nitrogens with zero attached hydrogens (tertiary/aromatic N) is 2. The van der Waals surface area contributed by atoms with E-state index in [2.05, 4.69) is 89.1 Å².